The van der Waals surface area contributed by atoms with E-state index in [1.165, 1.54) is 7.05 Å². The van der Waals surface area contributed by atoms with Crippen molar-refractivity contribution in [3.63, 3.8) is 0 Å². The van der Waals surface area contributed by atoms with Gasteiger partial charge in [0.1, 0.15) is 5.82 Å². The minimum atomic E-state index is -4.44. The zero-order valence-corrected chi connectivity index (χ0v) is 11.3. The van der Waals surface area contributed by atoms with Crippen molar-refractivity contribution in [1.29, 1.82) is 0 Å². The first kappa shape index (κ1) is 15.1. The maximum Gasteiger partial charge on any atom is 0.416 e. The lowest BCUT2D eigenvalue weighted by atomic mass is 10.2. The highest BCUT2D eigenvalue weighted by molar-refractivity contribution is 5.42. The van der Waals surface area contributed by atoms with E-state index in [4.69, 9.17) is 4.74 Å². The van der Waals surface area contributed by atoms with E-state index < -0.39 is 11.7 Å². The fourth-order valence-corrected chi connectivity index (χ4v) is 1.68. The van der Waals surface area contributed by atoms with E-state index in [1.807, 2.05) is 12.1 Å². The van der Waals surface area contributed by atoms with Crippen molar-refractivity contribution in [2.24, 2.45) is 0 Å². The molecular formula is C14H14F3N3O. The molecule has 0 spiro atoms. The molecule has 21 heavy (non-hydrogen) atoms. The Kier molecular flexibility index (Phi) is 4.62. The van der Waals surface area contributed by atoms with Crippen LogP contribution in [0.1, 0.15) is 11.3 Å². The molecule has 1 N–H and O–H groups in total. The predicted octanol–water partition coefficient (Wildman–Crippen LogP) is 3.16. The third-order valence-corrected chi connectivity index (χ3v) is 2.72. The highest BCUT2D eigenvalue weighted by Crippen LogP contribution is 2.32. The summed E-state index contributed by atoms with van der Waals surface area (Å²) in [5.74, 6) is 0.0442. The van der Waals surface area contributed by atoms with Gasteiger partial charge in [-0.2, -0.15) is 18.2 Å². The van der Waals surface area contributed by atoms with Crippen molar-refractivity contribution in [2.75, 3.05) is 19.0 Å². The van der Waals surface area contributed by atoms with Gasteiger partial charge in [0.2, 0.25) is 5.88 Å². The van der Waals surface area contributed by atoms with Gasteiger partial charge >= 0.3 is 6.18 Å². The average Bonchev–Trinajstić information content (AvgIpc) is 2.47. The van der Waals surface area contributed by atoms with Crippen molar-refractivity contribution in [1.82, 2.24) is 9.97 Å². The quantitative estimate of drug-likeness (QED) is 0.921. The molecule has 0 fully saturated rings. The molecule has 0 bridgehead atoms. The van der Waals surface area contributed by atoms with Crippen LogP contribution in [0.3, 0.4) is 0 Å². The molecule has 0 radical (unpaired) electrons. The van der Waals surface area contributed by atoms with Crippen LogP contribution < -0.4 is 10.1 Å². The third-order valence-electron chi connectivity index (χ3n) is 2.72. The minimum Gasteiger partial charge on any atom is -0.477 e. The van der Waals surface area contributed by atoms with Crippen LogP contribution in [-0.2, 0) is 12.6 Å². The summed E-state index contributed by atoms with van der Waals surface area (Å²) in [5.41, 5.74) is 0.00741. The Balaban J connectivity index is 2.05. The van der Waals surface area contributed by atoms with Gasteiger partial charge in [0, 0.05) is 31.4 Å². The summed E-state index contributed by atoms with van der Waals surface area (Å²) in [7, 11) is 1.50. The van der Waals surface area contributed by atoms with Gasteiger partial charge in [-0.15, -0.1) is 0 Å². The van der Waals surface area contributed by atoms with Crippen LogP contribution in [0.4, 0.5) is 19.0 Å². The van der Waals surface area contributed by atoms with E-state index in [-0.39, 0.29) is 18.3 Å². The summed E-state index contributed by atoms with van der Waals surface area (Å²) in [4.78, 5) is 8.05. The lowest BCUT2D eigenvalue weighted by Gasteiger charge is -2.12. The average molecular weight is 297 g/mol. The van der Waals surface area contributed by atoms with Crippen LogP contribution in [0.5, 0.6) is 5.88 Å². The number of aromatic nitrogens is 2. The van der Waals surface area contributed by atoms with Crippen molar-refractivity contribution >= 4 is 5.82 Å². The van der Waals surface area contributed by atoms with Crippen LogP contribution in [0, 0.1) is 0 Å². The zero-order chi connectivity index (χ0) is 15.3. The van der Waals surface area contributed by atoms with Crippen LogP contribution in [0.25, 0.3) is 0 Å². The predicted molar refractivity (Wildman–Crippen MR) is 72.2 cm³/mol. The Bertz CT molecular complexity index is 588. The molecule has 2 aromatic rings. The Morgan fingerprint density at radius 2 is 2.05 bits per heavy atom. The molecule has 0 aliphatic heterocycles. The number of rotatable bonds is 5. The van der Waals surface area contributed by atoms with Crippen molar-refractivity contribution in [3.05, 3.63) is 47.8 Å². The Morgan fingerprint density at radius 3 is 2.67 bits per heavy atom. The number of halogens is 3. The summed E-state index contributed by atoms with van der Waals surface area (Å²) in [6.45, 7) is 0.203. The number of anilines is 1. The number of alkyl halides is 3. The molecule has 0 unspecified atom stereocenters. The molecule has 112 valence electrons. The van der Waals surface area contributed by atoms with Crippen LogP contribution in [0.2, 0.25) is 0 Å². The number of nitrogens with zero attached hydrogens (tertiary/aromatic N) is 2. The monoisotopic (exact) mass is 297 g/mol. The van der Waals surface area contributed by atoms with Crippen LogP contribution in [0.15, 0.2) is 36.5 Å². The van der Waals surface area contributed by atoms with Crippen LogP contribution in [-0.4, -0.2) is 23.6 Å². The van der Waals surface area contributed by atoms with Crippen molar-refractivity contribution < 1.29 is 17.9 Å². The number of nitrogens with one attached hydrogen (secondary N) is 1. The summed E-state index contributed by atoms with van der Waals surface area (Å²) in [5, 5.41) is 2.58. The second kappa shape index (κ2) is 6.43. The molecule has 0 amide bonds. The first-order chi connectivity index (χ1) is 9.99. The van der Waals surface area contributed by atoms with Gasteiger partial charge in [0.05, 0.1) is 12.2 Å². The summed E-state index contributed by atoms with van der Waals surface area (Å²) in [6.07, 6.45) is -2.29. The molecule has 4 nitrogen and oxygen atoms in total. The highest BCUT2D eigenvalue weighted by atomic mass is 19.4. The topological polar surface area (TPSA) is 47.0 Å². The first-order valence-corrected chi connectivity index (χ1v) is 6.29. The number of hydrogen-bond donors (Lipinski definition) is 1. The molecule has 0 saturated heterocycles. The maximum atomic E-state index is 12.8. The van der Waals surface area contributed by atoms with Gasteiger partial charge < -0.3 is 10.1 Å². The van der Waals surface area contributed by atoms with E-state index in [1.54, 1.807) is 12.3 Å². The van der Waals surface area contributed by atoms with E-state index in [0.717, 1.165) is 17.8 Å². The normalized spacial score (nSPS) is 11.2. The van der Waals surface area contributed by atoms with Gasteiger partial charge in [-0.05, 0) is 18.2 Å². The van der Waals surface area contributed by atoms with Crippen LogP contribution >= 0.6 is 0 Å². The van der Waals surface area contributed by atoms with E-state index in [9.17, 15) is 13.2 Å². The molecule has 2 aromatic heterocycles. The Hall–Kier alpha value is -2.31. The number of hydrogen-bond acceptors (Lipinski definition) is 4. The smallest absolute Gasteiger partial charge is 0.416 e. The summed E-state index contributed by atoms with van der Waals surface area (Å²) >= 11 is 0. The molecule has 0 atom stereocenters. The molecular weight excluding hydrogens is 283 g/mol. The van der Waals surface area contributed by atoms with E-state index in [0.29, 0.717) is 6.42 Å². The molecule has 2 rings (SSSR count). The van der Waals surface area contributed by atoms with Gasteiger partial charge in [-0.3, -0.25) is 4.98 Å². The standard InChI is InChI=1S/C14H14F3N3O/c1-18-12-8-10(14(15,16)17)9-13(20-12)21-7-5-11-4-2-3-6-19-11/h2-4,6,8-9H,5,7H2,1H3,(H,18,20). The third kappa shape index (κ3) is 4.34. The second-order valence-corrected chi connectivity index (χ2v) is 4.25. The lowest BCUT2D eigenvalue weighted by molar-refractivity contribution is -0.137. The Morgan fingerprint density at radius 1 is 1.24 bits per heavy atom. The fourth-order valence-electron chi connectivity index (χ4n) is 1.68. The van der Waals surface area contributed by atoms with Gasteiger partial charge in [0.25, 0.3) is 0 Å². The largest absolute Gasteiger partial charge is 0.477 e. The highest BCUT2D eigenvalue weighted by Gasteiger charge is 2.31. The fraction of sp³-hybridized carbons (Fsp3) is 0.286. The maximum absolute atomic E-state index is 12.8. The Labute approximate surface area is 120 Å². The second-order valence-electron chi connectivity index (χ2n) is 4.25. The van der Waals surface area contributed by atoms with Gasteiger partial charge in [0.15, 0.2) is 0 Å². The zero-order valence-electron chi connectivity index (χ0n) is 11.3. The van der Waals surface area contributed by atoms with E-state index in [2.05, 4.69) is 15.3 Å². The molecule has 0 saturated carbocycles. The number of pyridine rings is 2. The molecule has 0 aliphatic rings. The molecule has 7 heteroatoms. The summed E-state index contributed by atoms with van der Waals surface area (Å²) in [6, 6.07) is 7.27. The molecule has 2 heterocycles. The van der Waals surface area contributed by atoms with Crippen molar-refractivity contribution in [2.45, 2.75) is 12.6 Å². The van der Waals surface area contributed by atoms with Gasteiger partial charge in [-0.25, -0.2) is 0 Å². The molecule has 0 aromatic carbocycles. The first-order valence-electron chi connectivity index (χ1n) is 6.29. The minimum absolute atomic E-state index is 0.0647. The van der Waals surface area contributed by atoms with Crippen molar-refractivity contribution in [3.8, 4) is 5.88 Å². The molecule has 0 aliphatic carbocycles. The number of ether oxygens (including phenoxy) is 1. The lowest BCUT2D eigenvalue weighted by Crippen LogP contribution is -2.09. The van der Waals surface area contributed by atoms with E-state index >= 15 is 0 Å². The van der Waals surface area contributed by atoms with Gasteiger partial charge in [-0.1, -0.05) is 6.07 Å². The summed E-state index contributed by atoms with van der Waals surface area (Å²) < 4.78 is 43.5. The SMILES string of the molecule is CNc1cc(C(F)(F)F)cc(OCCc2ccccn2)n1.